The molecule has 0 radical (unpaired) electrons. The molecule has 1 aromatic carbocycles. The second-order valence-corrected chi connectivity index (χ2v) is 3.25. The van der Waals surface area contributed by atoms with Gasteiger partial charge in [-0.1, -0.05) is 0 Å². The van der Waals surface area contributed by atoms with E-state index in [2.05, 4.69) is 9.97 Å². The van der Waals surface area contributed by atoms with E-state index >= 15 is 0 Å². The summed E-state index contributed by atoms with van der Waals surface area (Å²) in [6.07, 6.45) is 0. The van der Waals surface area contributed by atoms with E-state index in [4.69, 9.17) is 9.90 Å². The Kier molecular flexibility index (Phi) is 3.72. The highest BCUT2D eigenvalue weighted by atomic mass is 16.3. The first-order valence-electron chi connectivity index (χ1n) is 4.64. The van der Waals surface area contributed by atoms with Gasteiger partial charge >= 0.3 is 0 Å². The number of phenols is 3. The molecular weight excluding hydrogens is 244 g/mol. The van der Waals surface area contributed by atoms with Crippen LogP contribution in [0.1, 0.15) is 5.69 Å². The van der Waals surface area contributed by atoms with Crippen LogP contribution in [0.25, 0.3) is 11.0 Å². The zero-order valence-corrected chi connectivity index (χ0v) is 9.21. The van der Waals surface area contributed by atoms with Crippen molar-refractivity contribution in [2.75, 3.05) is 0 Å². The lowest BCUT2D eigenvalue weighted by atomic mass is 10.2. The summed E-state index contributed by atoms with van der Waals surface area (Å²) >= 11 is 0. The van der Waals surface area contributed by atoms with Crippen molar-refractivity contribution in [2.45, 2.75) is 6.92 Å². The molecule has 0 aliphatic carbocycles. The zero-order valence-electron chi connectivity index (χ0n) is 9.21. The van der Waals surface area contributed by atoms with Gasteiger partial charge in [-0.25, -0.2) is 4.98 Å². The van der Waals surface area contributed by atoms with Gasteiger partial charge in [-0.15, -0.1) is 0 Å². The van der Waals surface area contributed by atoms with Crippen molar-refractivity contribution < 1.29 is 25.2 Å². The first-order valence-corrected chi connectivity index (χ1v) is 4.64. The molecule has 0 aliphatic heterocycles. The van der Waals surface area contributed by atoms with Gasteiger partial charge in [0.05, 0.1) is 5.52 Å². The predicted molar refractivity (Wildman–Crippen MR) is 60.8 cm³/mol. The lowest BCUT2D eigenvalue weighted by Gasteiger charge is -2.04. The van der Waals surface area contributed by atoms with Gasteiger partial charge in [0, 0.05) is 6.07 Å². The monoisotopic (exact) mass is 254 g/mol. The molecule has 2 aromatic rings. The van der Waals surface area contributed by atoms with Gasteiger partial charge in [0.2, 0.25) is 5.75 Å². The number of hydrogen-bond acceptors (Lipinski definition) is 6. The second-order valence-electron chi connectivity index (χ2n) is 3.25. The van der Waals surface area contributed by atoms with Gasteiger partial charge in [0.1, 0.15) is 11.2 Å². The maximum Gasteiger partial charge on any atom is 0.290 e. The summed E-state index contributed by atoms with van der Waals surface area (Å²) in [5.41, 5.74) is -0.0318. The molecule has 8 nitrogen and oxygen atoms in total. The molecule has 0 amide bonds. The summed E-state index contributed by atoms with van der Waals surface area (Å²) in [6.45, 7) is 1.22. The van der Waals surface area contributed by atoms with Crippen molar-refractivity contribution >= 4 is 17.5 Å². The molecule has 1 aromatic heterocycles. The first kappa shape index (κ1) is 13.3. The molecule has 18 heavy (non-hydrogen) atoms. The lowest BCUT2D eigenvalue weighted by Crippen LogP contribution is -2.11. The lowest BCUT2D eigenvalue weighted by molar-refractivity contribution is -0.122. The number of aromatic amines is 1. The maximum absolute atomic E-state index is 11.2. The quantitative estimate of drug-likeness (QED) is 0.330. The van der Waals surface area contributed by atoms with Crippen molar-refractivity contribution in [3.8, 4) is 17.2 Å². The number of nitrogens with one attached hydrogen (secondary N) is 1. The van der Waals surface area contributed by atoms with Gasteiger partial charge < -0.3 is 25.4 Å². The Morgan fingerprint density at radius 1 is 1.28 bits per heavy atom. The highest BCUT2D eigenvalue weighted by molar-refractivity contribution is 5.86. The number of rotatable bonds is 0. The molecular formula is C10H10N2O6. The van der Waals surface area contributed by atoms with E-state index in [0.717, 1.165) is 6.07 Å². The third kappa shape index (κ3) is 2.32. The van der Waals surface area contributed by atoms with Crippen LogP contribution in [-0.4, -0.2) is 36.9 Å². The molecule has 0 spiro atoms. The molecule has 5 N–H and O–H groups in total. The standard InChI is InChI=1S/C9H8N2O4.CH2O2/c1-3-9(15)11-4-2-5(12)7(13)8(14)6(4)10-3;2-1-3/h2,12-14H,1H3,(H,11,15);1H,(H,2,3). The van der Waals surface area contributed by atoms with Crippen LogP contribution in [-0.2, 0) is 4.79 Å². The van der Waals surface area contributed by atoms with Crippen LogP contribution < -0.4 is 5.56 Å². The first-order chi connectivity index (χ1) is 8.42. The highest BCUT2D eigenvalue weighted by Crippen LogP contribution is 2.38. The average Bonchev–Trinajstić information content (AvgIpc) is 2.31. The normalized spacial score (nSPS) is 9.61. The van der Waals surface area contributed by atoms with Crippen molar-refractivity contribution in [1.82, 2.24) is 9.97 Å². The minimum absolute atomic E-state index is 0.0439. The fourth-order valence-corrected chi connectivity index (χ4v) is 1.27. The summed E-state index contributed by atoms with van der Waals surface area (Å²) < 4.78 is 0. The van der Waals surface area contributed by atoms with Gasteiger partial charge in [0.15, 0.2) is 11.5 Å². The number of H-pyrrole nitrogens is 1. The summed E-state index contributed by atoms with van der Waals surface area (Å²) in [4.78, 5) is 25.8. The van der Waals surface area contributed by atoms with E-state index in [0.29, 0.717) is 0 Å². The summed E-state index contributed by atoms with van der Waals surface area (Å²) in [5, 5.41) is 34.8. The number of fused-ring (bicyclic) bond motifs is 1. The Morgan fingerprint density at radius 2 is 1.83 bits per heavy atom. The zero-order chi connectivity index (χ0) is 13.9. The van der Waals surface area contributed by atoms with E-state index in [1.165, 1.54) is 6.92 Å². The van der Waals surface area contributed by atoms with E-state index in [-0.39, 0.29) is 23.2 Å². The number of aromatic nitrogens is 2. The van der Waals surface area contributed by atoms with Crippen LogP contribution in [0, 0.1) is 6.92 Å². The number of benzene rings is 1. The van der Waals surface area contributed by atoms with E-state index in [1.807, 2.05) is 0 Å². The van der Waals surface area contributed by atoms with Crippen molar-refractivity contribution in [2.24, 2.45) is 0 Å². The Hall–Kier alpha value is -2.77. The minimum Gasteiger partial charge on any atom is -0.504 e. The summed E-state index contributed by atoms with van der Waals surface area (Å²) in [6, 6.07) is 1.12. The van der Waals surface area contributed by atoms with Crippen LogP contribution in [0.4, 0.5) is 0 Å². The number of carboxylic acid groups (broad SMARTS) is 1. The Balaban J connectivity index is 0.000000492. The summed E-state index contributed by atoms with van der Waals surface area (Å²) in [7, 11) is 0. The number of phenolic OH excluding ortho intramolecular Hbond substituents is 3. The SMILES string of the molecule is Cc1nc2c(O)c(O)c(O)cc2[nH]c1=O.O=CO. The number of hydrogen-bond donors (Lipinski definition) is 5. The van der Waals surface area contributed by atoms with Crippen molar-refractivity contribution in [1.29, 1.82) is 0 Å². The average molecular weight is 254 g/mol. The van der Waals surface area contributed by atoms with Gasteiger partial charge in [0.25, 0.3) is 12.0 Å². The highest BCUT2D eigenvalue weighted by Gasteiger charge is 2.13. The van der Waals surface area contributed by atoms with Crippen LogP contribution >= 0.6 is 0 Å². The fraction of sp³-hybridized carbons (Fsp3) is 0.100. The predicted octanol–water partition coefficient (Wildman–Crippen LogP) is 0.0491. The molecule has 0 aliphatic rings. The second kappa shape index (κ2) is 5.04. The number of aryl methyl sites for hydroxylation is 1. The maximum atomic E-state index is 11.2. The minimum atomic E-state index is -0.651. The third-order valence-electron chi connectivity index (χ3n) is 2.08. The smallest absolute Gasteiger partial charge is 0.290 e. The van der Waals surface area contributed by atoms with Crippen molar-refractivity contribution in [3.05, 3.63) is 22.1 Å². The molecule has 0 saturated carbocycles. The molecule has 1 heterocycles. The van der Waals surface area contributed by atoms with Crippen molar-refractivity contribution in [3.63, 3.8) is 0 Å². The summed E-state index contributed by atoms with van der Waals surface area (Å²) in [5.74, 6) is -1.72. The Bertz CT molecular complexity index is 649. The van der Waals surface area contributed by atoms with Gasteiger partial charge in [-0.2, -0.15) is 0 Å². The Morgan fingerprint density at radius 3 is 2.39 bits per heavy atom. The van der Waals surface area contributed by atoms with E-state index in [1.54, 1.807) is 0 Å². The topological polar surface area (TPSA) is 144 Å². The molecule has 96 valence electrons. The Labute approximate surface area is 99.8 Å². The largest absolute Gasteiger partial charge is 0.504 e. The molecule has 0 bridgehead atoms. The molecule has 0 fully saturated rings. The number of carbonyl (C=O) groups is 1. The number of aromatic hydroxyl groups is 3. The van der Waals surface area contributed by atoms with Crippen LogP contribution in [0.15, 0.2) is 10.9 Å². The molecule has 8 heteroatoms. The molecule has 2 rings (SSSR count). The molecule has 0 atom stereocenters. The number of nitrogens with zero attached hydrogens (tertiary/aromatic N) is 1. The third-order valence-corrected chi connectivity index (χ3v) is 2.08. The fourth-order valence-electron chi connectivity index (χ4n) is 1.27. The molecule has 0 saturated heterocycles. The van der Waals surface area contributed by atoms with Gasteiger partial charge in [-0.3, -0.25) is 9.59 Å². The van der Waals surface area contributed by atoms with E-state index in [9.17, 15) is 20.1 Å². The van der Waals surface area contributed by atoms with Crippen LogP contribution in [0.5, 0.6) is 17.2 Å². The van der Waals surface area contributed by atoms with Crippen LogP contribution in [0.3, 0.4) is 0 Å². The van der Waals surface area contributed by atoms with Crippen LogP contribution in [0.2, 0.25) is 0 Å². The van der Waals surface area contributed by atoms with E-state index < -0.39 is 22.8 Å². The van der Waals surface area contributed by atoms with Gasteiger partial charge in [-0.05, 0) is 6.92 Å². The molecule has 0 unspecified atom stereocenters.